The smallest absolute Gasteiger partial charge is 0.407 e. The van der Waals surface area contributed by atoms with Crippen molar-refractivity contribution in [3.8, 4) is 0 Å². The van der Waals surface area contributed by atoms with Crippen LogP contribution in [-0.2, 0) is 4.74 Å². The molecule has 1 amide bonds. The van der Waals surface area contributed by atoms with Crippen LogP contribution in [0.4, 0.5) is 4.79 Å². The molecule has 16 heavy (non-hydrogen) atoms. The molecule has 1 unspecified atom stereocenters. The van der Waals surface area contributed by atoms with Gasteiger partial charge < -0.3 is 15.8 Å². The van der Waals surface area contributed by atoms with E-state index < -0.39 is 5.60 Å². The molecule has 1 rings (SSSR count). The molecule has 0 aliphatic heterocycles. The Kier molecular flexibility index (Phi) is 3.84. The Bertz CT molecular complexity index is 254. The number of carbonyl (C=O) groups excluding carboxylic acids is 1. The fraction of sp³-hybridized carbons (Fsp3) is 0.917. The van der Waals surface area contributed by atoms with Crippen LogP contribution in [0.3, 0.4) is 0 Å². The molecule has 1 fully saturated rings. The van der Waals surface area contributed by atoms with Crippen molar-refractivity contribution in [1.29, 1.82) is 0 Å². The lowest BCUT2D eigenvalue weighted by Gasteiger charge is -2.21. The average Bonchev–Trinajstić information content (AvgIpc) is 2.77. The number of amides is 1. The van der Waals surface area contributed by atoms with Crippen molar-refractivity contribution in [1.82, 2.24) is 5.32 Å². The van der Waals surface area contributed by atoms with Gasteiger partial charge in [0.1, 0.15) is 5.60 Å². The second-order valence-electron chi connectivity index (χ2n) is 6.16. The van der Waals surface area contributed by atoms with Crippen molar-refractivity contribution in [2.45, 2.75) is 58.6 Å². The zero-order valence-corrected chi connectivity index (χ0v) is 10.8. The molecule has 0 radical (unpaired) electrons. The number of hydrogen-bond acceptors (Lipinski definition) is 3. The molecule has 0 spiro atoms. The Morgan fingerprint density at radius 2 is 2.06 bits per heavy atom. The molecule has 1 saturated carbocycles. The maximum atomic E-state index is 11.4. The Morgan fingerprint density at radius 1 is 1.50 bits per heavy atom. The first-order chi connectivity index (χ1) is 7.20. The van der Waals surface area contributed by atoms with Crippen molar-refractivity contribution in [3.63, 3.8) is 0 Å². The number of nitrogens with two attached hydrogens (primary N) is 1. The molecule has 3 N–H and O–H groups in total. The van der Waals surface area contributed by atoms with Gasteiger partial charge in [0, 0.05) is 12.6 Å². The number of rotatable bonds is 4. The number of carbonyl (C=O) groups is 1. The number of alkyl carbamates (subject to hydrolysis) is 1. The van der Waals surface area contributed by atoms with Gasteiger partial charge in [0.25, 0.3) is 0 Å². The summed E-state index contributed by atoms with van der Waals surface area (Å²) in [6, 6.07) is 0.0278. The molecule has 0 aromatic heterocycles. The van der Waals surface area contributed by atoms with Crippen LogP contribution >= 0.6 is 0 Å². The highest BCUT2D eigenvalue weighted by Gasteiger charge is 2.38. The minimum absolute atomic E-state index is 0.0278. The third-order valence-corrected chi connectivity index (χ3v) is 2.77. The summed E-state index contributed by atoms with van der Waals surface area (Å²) >= 11 is 0. The van der Waals surface area contributed by atoms with E-state index in [4.69, 9.17) is 10.5 Å². The van der Waals surface area contributed by atoms with Crippen LogP contribution in [0.5, 0.6) is 0 Å². The van der Waals surface area contributed by atoms with Gasteiger partial charge in [-0.05, 0) is 45.4 Å². The molecule has 0 saturated heterocycles. The van der Waals surface area contributed by atoms with Crippen LogP contribution in [0.15, 0.2) is 0 Å². The third-order valence-electron chi connectivity index (χ3n) is 2.77. The molecule has 1 atom stereocenters. The Labute approximate surface area is 97.9 Å². The van der Waals surface area contributed by atoms with Crippen LogP contribution in [0.2, 0.25) is 0 Å². The molecule has 4 nitrogen and oxygen atoms in total. The highest BCUT2D eigenvalue weighted by atomic mass is 16.6. The topological polar surface area (TPSA) is 64.3 Å². The molecule has 1 aliphatic carbocycles. The summed E-state index contributed by atoms with van der Waals surface area (Å²) in [6.45, 7) is 8.26. The predicted molar refractivity (Wildman–Crippen MR) is 64.2 cm³/mol. The largest absolute Gasteiger partial charge is 0.444 e. The Balaban J connectivity index is 2.16. The van der Waals surface area contributed by atoms with Gasteiger partial charge in [-0.25, -0.2) is 4.79 Å². The van der Waals surface area contributed by atoms with E-state index in [1.54, 1.807) is 0 Å². The molecule has 0 aromatic rings. The van der Waals surface area contributed by atoms with E-state index >= 15 is 0 Å². The van der Waals surface area contributed by atoms with Gasteiger partial charge in [-0.15, -0.1) is 0 Å². The number of hydrogen-bond donors (Lipinski definition) is 2. The maximum Gasteiger partial charge on any atom is 0.407 e. The fourth-order valence-electron chi connectivity index (χ4n) is 1.65. The van der Waals surface area contributed by atoms with Crippen molar-refractivity contribution in [3.05, 3.63) is 0 Å². The standard InChI is InChI=1S/C12H24N2O2/c1-11(2,3)16-10(15)14-8-9(13)7-12(4)5-6-12/h9H,5-8,13H2,1-4H3,(H,14,15). The lowest BCUT2D eigenvalue weighted by atomic mass is 10.00. The predicted octanol–water partition coefficient (Wildman–Crippen LogP) is 2.03. The monoisotopic (exact) mass is 228 g/mol. The van der Waals surface area contributed by atoms with E-state index in [0.29, 0.717) is 12.0 Å². The molecule has 94 valence electrons. The first-order valence-electron chi connectivity index (χ1n) is 5.93. The summed E-state index contributed by atoms with van der Waals surface area (Å²) in [5, 5.41) is 2.70. The molecular formula is C12H24N2O2. The lowest BCUT2D eigenvalue weighted by Crippen LogP contribution is -2.40. The van der Waals surface area contributed by atoms with Crippen LogP contribution < -0.4 is 11.1 Å². The van der Waals surface area contributed by atoms with Gasteiger partial charge >= 0.3 is 6.09 Å². The third kappa shape index (κ3) is 5.35. The van der Waals surface area contributed by atoms with Gasteiger partial charge in [-0.2, -0.15) is 0 Å². The summed E-state index contributed by atoms with van der Waals surface area (Å²) in [7, 11) is 0. The zero-order chi connectivity index (χ0) is 12.4. The summed E-state index contributed by atoms with van der Waals surface area (Å²) < 4.78 is 5.13. The van der Waals surface area contributed by atoms with Crippen molar-refractivity contribution in [2.75, 3.05) is 6.54 Å². The molecule has 0 bridgehead atoms. The van der Waals surface area contributed by atoms with E-state index in [9.17, 15) is 4.79 Å². The van der Waals surface area contributed by atoms with Crippen LogP contribution in [0.1, 0.15) is 47.0 Å². The highest BCUT2D eigenvalue weighted by Crippen LogP contribution is 2.48. The van der Waals surface area contributed by atoms with Gasteiger partial charge in [-0.3, -0.25) is 0 Å². The maximum absolute atomic E-state index is 11.4. The molecular weight excluding hydrogens is 204 g/mol. The second-order valence-corrected chi connectivity index (χ2v) is 6.16. The average molecular weight is 228 g/mol. The summed E-state index contributed by atoms with van der Waals surface area (Å²) in [5.41, 5.74) is 5.92. The summed E-state index contributed by atoms with van der Waals surface area (Å²) in [6.07, 6.45) is 3.10. The first-order valence-corrected chi connectivity index (χ1v) is 5.93. The quantitative estimate of drug-likeness (QED) is 0.773. The molecule has 4 heteroatoms. The normalized spacial score (nSPS) is 20.1. The molecule has 0 heterocycles. The fourth-order valence-corrected chi connectivity index (χ4v) is 1.65. The van der Waals surface area contributed by atoms with E-state index in [0.717, 1.165) is 6.42 Å². The summed E-state index contributed by atoms with van der Waals surface area (Å²) in [4.78, 5) is 11.4. The second kappa shape index (κ2) is 4.62. The van der Waals surface area contributed by atoms with Gasteiger partial charge in [0.05, 0.1) is 0 Å². The number of ether oxygens (including phenoxy) is 1. The van der Waals surface area contributed by atoms with Crippen molar-refractivity contribution < 1.29 is 9.53 Å². The SMILES string of the molecule is CC1(CC(N)CNC(=O)OC(C)(C)C)CC1. The van der Waals surface area contributed by atoms with Crippen LogP contribution in [-0.4, -0.2) is 24.3 Å². The van der Waals surface area contributed by atoms with Gasteiger partial charge in [0.2, 0.25) is 0 Å². The van der Waals surface area contributed by atoms with Crippen molar-refractivity contribution in [2.24, 2.45) is 11.1 Å². The highest BCUT2D eigenvalue weighted by molar-refractivity contribution is 5.67. The molecule has 1 aliphatic rings. The van der Waals surface area contributed by atoms with E-state index in [1.807, 2.05) is 20.8 Å². The first kappa shape index (κ1) is 13.3. The van der Waals surface area contributed by atoms with E-state index in [2.05, 4.69) is 12.2 Å². The lowest BCUT2D eigenvalue weighted by molar-refractivity contribution is 0.0523. The van der Waals surface area contributed by atoms with Crippen molar-refractivity contribution >= 4 is 6.09 Å². The summed E-state index contributed by atoms with van der Waals surface area (Å²) in [5.74, 6) is 0. The van der Waals surface area contributed by atoms with Gasteiger partial charge in [-0.1, -0.05) is 6.92 Å². The van der Waals surface area contributed by atoms with E-state index in [1.165, 1.54) is 12.8 Å². The van der Waals surface area contributed by atoms with Crippen LogP contribution in [0, 0.1) is 5.41 Å². The minimum atomic E-state index is -0.448. The van der Waals surface area contributed by atoms with E-state index in [-0.39, 0.29) is 12.1 Å². The number of nitrogens with one attached hydrogen (secondary N) is 1. The minimum Gasteiger partial charge on any atom is -0.444 e. The van der Waals surface area contributed by atoms with Crippen LogP contribution in [0.25, 0.3) is 0 Å². The van der Waals surface area contributed by atoms with Gasteiger partial charge in [0.15, 0.2) is 0 Å². The Hall–Kier alpha value is -0.770. The zero-order valence-electron chi connectivity index (χ0n) is 10.8. The Morgan fingerprint density at radius 3 is 2.50 bits per heavy atom. The molecule has 0 aromatic carbocycles.